The van der Waals surface area contributed by atoms with Crippen LogP contribution in [0.1, 0.15) is 13.8 Å². The Hall–Kier alpha value is -0.650. The van der Waals surface area contributed by atoms with Gasteiger partial charge in [-0.05, 0) is 20.5 Å². The largest absolute Gasteiger partial charge is 0.467 e. The maximum Gasteiger partial charge on any atom is 0.338 e. The average Bonchev–Trinajstić information content (AvgIpc) is 2.22. The maximum atomic E-state index is 11.1. The summed E-state index contributed by atoms with van der Waals surface area (Å²) >= 11 is 0. The summed E-state index contributed by atoms with van der Waals surface area (Å²) in [6.07, 6.45) is 0. The zero-order valence-electron chi connectivity index (χ0n) is 10.0. The van der Waals surface area contributed by atoms with Crippen molar-refractivity contribution in [3.8, 4) is 0 Å². The molecule has 0 aromatic heterocycles. The molecule has 2 N–H and O–H groups in total. The van der Waals surface area contributed by atoms with Gasteiger partial charge in [0.1, 0.15) is 0 Å². The van der Waals surface area contributed by atoms with Crippen LogP contribution >= 0.6 is 0 Å². The number of aliphatic hydroxyl groups is 1. The standard InChI is InChI=1S/C10H22N2O3/c1-5-12(3)7-6-11-8-10(2,14)9(13)15-4/h11,14H,5-8H2,1-4H3. The molecule has 90 valence electrons. The van der Waals surface area contributed by atoms with Crippen molar-refractivity contribution in [1.82, 2.24) is 10.2 Å². The van der Waals surface area contributed by atoms with Crippen LogP contribution in [0.2, 0.25) is 0 Å². The van der Waals surface area contributed by atoms with E-state index < -0.39 is 11.6 Å². The molecule has 0 aliphatic rings. The quantitative estimate of drug-likeness (QED) is 0.443. The van der Waals surface area contributed by atoms with Gasteiger partial charge in [-0.2, -0.15) is 0 Å². The van der Waals surface area contributed by atoms with Gasteiger partial charge in [0.25, 0.3) is 0 Å². The molecular formula is C10H22N2O3. The molecule has 0 aromatic carbocycles. The number of hydrogen-bond donors (Lipinski definition) is 2. The van der Waals surface area contributed by atoms with Crippen molar-refractivity contribution in [1.29, 1.82) is 0 Å². The van der Waals surface area contributed by atoms with Gasteiger partial charge in [-0.3, -0.25) is 0 Å². The first kappa shape index (κ1) is 14.3. The number of carbonyl (C=O) groups is 1. The summed E-state index contributed by atoms with van der Waals surface area (Å²) in [5.74, 6) is -0.612. The van der Waals surface area contributed by atoms with E-state index >= 15 is 0 Å². The fraction of sp³-hybridized carbons (Fsp3) is 0.900. The van der Waals surface area contributed by atoms with Crippen LogP contribution in [0.25, 0.3) is 0 Å². The van der Waals surface area contributed by atoms with Crippen molar-refractivity contribution in [2.45, 2.75) is 19.4 Å². The Morgan fingerprint density at radius 1 is 1.60 bits per heavy atom. The van der Waals surface area contributed by atoms with Crippen LogP contribution in [0.5, 0.6) is 0 Å². The summed E-state index contributed by atoms with van der Waals surface area (Å²) in [5.41, 5.74) is -1.44. The van der Waals surface area contributed by atoms with E-state index in [1.54, 1.807) is 0 Å². The van der Waals surface area contributed by atoms with Gasteiger partial charge in [-0.15, -0.1) is 0 Å². The van der Waals surface area contributed by atoms with Gasteiger partial charge in [0.05, 0.1) is 7.11 Å². The lowest BCUT2D eigenvalue weighted by Gasteiger charge is -2.21. The van der Waals surface area contributed by atoms with Crippen molar-refractivity contribution in [3.05, 3.63) is 0 Å². The topological polar surface area (TPSA) is 61.8 Å². The lowest BCUT2D eigenvalue weighted by atomic mass is 10.1. The molecular weight excluding hydrogens is 196 g/mol. The molecule has 0 radical (unpaired) electrons. The molecule has 0 aliphatic carbocycles. The highest BCUT2D eigenvalue weighted by Crippen LogP contribution is 2.03. The number of ether oxygens (including phenoxy) is 1. The molecule has 0 heterocycles. The molecule has 5 heteroatoms. The van der Waals surface area contributed by atoms with E-state index in [0.717, 1.165) is 19.6 Å². The number of rotatable bonds is 7. The Kier molecular flexibility index (Phi) is 6.47. The average molecular weight is 218 g/mol. The molecule has 0 bridgehead atoms. The minimum atomic E-state index is -1.44. The van der Waals surface area contributed by atoms with E-state index in [1.807, 2.05) is 7.05 Å². The molecule has 0 aliphatic heterocycles. The van der Waals surface area contributed by atoms with Crippen molar-refractivity contribution < 1.29 is 14.6 Å². The van der Waals surface area contributed by atoms with Gasteiger partial charge >= 0.3 is 5.97 Å². The summed E-state index contributed by atoms with van der Waals surface area (Å²) < 4.78 is 4.47. The predicted octanol–water partition coefficient (Wildman–Crippen LogP) is -0.548. The SMILES string of the molecule is CCN(C)CCNCC(C)(O)C(=O)OC. The molecule has 0 saturated heterocycles. The lowest BCUT2D eigenvalue weighted by molar-refractivity contribution is -0.159. The second kappa shape index (κ2) is 6.76. The monoisotopic (exact) mass is 218 g/mol. The predicted molar refractivity (Wildman–Crippen MR) is 58.7 cm³/mol. The van der Waals surface area contributed by atoms with E-state index in [0.29, 0.717) is 0 Å². The molecule has 1 atom stereocenters. The highest BCUT2D eigenvalue weighted by molar-refractivity contribution is 5.78. The number of hydrogen-bond acceptors (Lipinski definition) is 5. The Bertz CT molecular complexity index is 195. The van der Waals surface area contributed by atoms with E-state index in [2.05, 4.69) is 21.9 Å². The van der Waals surface area contributed by atoms with Gasteiger partial charge < -0.3 is 20.1 Å². The van der Waals surface area contributed by atoms with Crippen LogP contribution < -0.4 is 5.32 Å². The van der Waals surface area contributed by atoms with Crippen molar-refractivity contribution in [2.75, 3.05) is 40.3 Å². The summed E-state index contributed by atoms with van der Waals surface area (Å²) in [5, 5.41) is 12.7. The summed E-state index contributed by atoms with van der Waals surface area (Å²) in [7, 11) is 3.28. The van der Waals surface area contributed by atoms with Crippen molar-refractivity contribution >= 4 is 5.97 Å². The second-order valence-electron chi connectivity index (χ2n) is 3.84. The molecule has 0 spiro atoms. The summed E-state index contributed by atoms with van der Waals surface area (Å²) in [6.45, 7) is 6.32. The number of likely N-dealkylation sites (N-methyl/N-ethyl adjacent to an activating group) is 1. The third kappa shape index (κ3) is 5.71. The number of esters is 1. The van der Waals surface area contributed by atoms with Gasteiger partial charge in [-0.1, -0.05) is 6.92 Å². The fourth-order valence-electron chi connectivity index (χ4n) is 1.05. The molecule has 0 aromatic rings. The summed E-state index contributed by atoms with van der Waals surface area (Å²) in [6, 6.07) is 0. The second-order valence-corrected chi connectivity index (χ2v) is 3.84. The molecule has 0 rings (SSSR count). The Morgan fingerprint density at radius 3 is 2.67 bits per heavy atom. The molecule has 15 heavy (non-hydrogen) atoms. The third-order valence-electron chi connectivity index (χ3n) is 2.30. The number of nitrogens with one attached hydrogen (secondary N) is 1. The van der Waals surface area contributed by atoms with Crippen LogP contribution in [0, 0.1) is 0 Å². The van der Waals surface area contributed by atoms with Crippen molar-refractivity contribution in [3.63, 3.8) is 0 Å². The molecule has 5 nitrogen and oxygen atoms in total. The van der Waals surface area contributed by atoms with Gasteiger partial charge in [-0.25, -0.2) is 4.79 Å². The molecule has 0 saturated carbocycles. The first-order valence-electron chi connectivity index (χ1n) is 5.14. The Morgan fingerprint density at radius 2 is 2.20 bits per heavy atom. The molecule has 0 fully saturated rings. The van der Waals surface area contributed by atoms with Gasteiger partial charge in [0.2, 0.25) is 0 Å². The summed E-state index contributed by atoms with van der Waals surface area (Å²) in [4.78, 5) is 13.2. The number of nitrogens with zero attached hydrogens (tertiary/aromatic N) is 1. The van der Waals surface area contributed by atoms with E-state index in [9.17, 15) is 9.90 Å². The van der Waals surface area contributed by atoms with Gasteiger partial charge in [0.15, 0.2) is 5.60 Å². The zero-order valence-corrected chi connectivity index (χ0v) is 10.0. The lowest BCUT2D eigenvalue weighted by Crippen LogP contribution is -2.46. The minimum absolute atomic E-state index is 0.206. The van der Waals surface area contributed by atoms with Crippen LogP contribution in [0.15, 0.2) is 0 Å². The Balaban J connectivity index is 3.71. The van der Waals surface area contributed by atoms with E-state index in [-0.39, 0.29) is 6.54 Å². The van der Waals surface area contributed by atoms with Crippen LogP contribution in [-0.2, 0) is 9.53 Å². The van der Waals surface area contributed by atoms with Crippen LogP contribution in [0.4, 0.5) is 0 Å². The highest BCUT2D eigenvalue weighted by Gasteiger charge is 2.30. The normalized spacial score (nSPS) is 15.1. The van der Waals surface area contributed by atoms with Crippen molar-refractivity contribution in [2.24, 2.45) is 0 Å². The first-order chi connectivity index (χ1) is 6.94. The van der Waals surface area contributed by atoms with Crippen LogP contribution in [-0.4, -0.2) is 61.9 Å². The minimum Gasteiger partial charge on any atom is -0.467 e. The first-order valence-corrected chi connectivity index (χ1v) is 5.14. The highest BCUT2D eigenvalue weighted by atomic mass is 16.5. The van der Waals surface area contributed by atoms with Gasteiger partial charge in [0, 0.05) is 19.6 Å². The smallest absolute Gasteiger partial charge is 0.338 e. The molecule has 0 amide bonds. The van der Waals surface area contributed by atoms with E-state index in [4.69, 9.17) is 0 Å². The maximum absolute atomic E-state index is 11.1. The number of methoxy groups -OCH3 is 1. The zero-order chi connectivity index (χ0) is 11.9. The van der Waals surface area contributed by atoms with E-state index in [1.165, 1.54) is 14.0 Å². The third-order valence-corrected chi connectivity index (χ3v) is 2.30. The van der Waals surface area contributed by atoms with Crippen LogP contribution in [0.3, 0.4) is 0 Å². The Labute approximate surface area is 91.4 Å². The number of carbonyl (C=O) groups excluding carboxylic acids is 1. The fourth-order valence-corrected chi connectivity index (χ4v) is 1.05. The molecule has 1 unspecified atom stereocenters.